The molecule has 1 atom stereocenters. The molecule has 1 radical (unpaired) electrons. The summed E-state index contributed by atoms with van der Waals surface area (Å²) >= 11 is 0. The Labute approximate surface area is 97.8 Å². The molecule has 0 aromatic heterocycles. The zero-order valence-electron chi connectivity index (χ0n) is 11.1. The Morgan fingerprint density at radius 1 is 0.667 bits per heavy atom. The lowest BCUT2D eigenvalue weighted by Gasteiger charge is -2.09. The van der Waals surface area contributed by atoms with Crippen molar-refractivity contribution in [1.29, 1.82) is 0 Å². The second kappa shape index (κ2) is 12.1. The number of hydrogen-bond acceptors (Lipinski definition) is 0. The Balaban J connectivity index is 3.02. The summed E-state index contributed by atoms with van der Waals surface area (Å²) in [5, 5.41) is 0. The molecule has 0 nitrogen and oxygen atoms in total. The van der Waals surface area contributed by atoms with E-state index in [2.05, 4.69) is 20.8 Å². The fourth-order valence-corrected chi connectivity index (χ4v) is 2.03. The minimum Gasteiger partial charge on any atom is -0.0654 e. The van der Waals surface area contributed by atoms with Crippen LogP contribution in [0.25, 0.3) is 0 Å². The average Bonchev–Trinajstić information content (AvgIpc) is 2.25. The quantitative estimate of drug-likeness (QED) is 0.381. The highest BCUT2D eigenvalue weighted by molar-refractivity contribution is 4.61. The van der Waals surface area contributed by atoms with Gasteiger partial charge in [0.05, 0.1) is 0 Å². The summed E-state index contributed by atoms with van der Waals surface area (Å²) in [6, 6.07) is 0. The largest absolute Gasteiger partial charge is 0.0654 e. The molecule has 0 heteroatoms. The van der Waals surface area contributed by atoms with Gasteiger partial charge in [0, 0.05) is 0 Å². The van der Waals surface area contributed by atoms with Crippen molar-refractivity contribution in [2.24, 2.45) is 5.92 Å². The second-order valence-corrected chi connectivity index (χ2v) is 4.92. The SMILES string of the molecule is [CH2]C(CCCC)CCCCCCCCC. The first kappa shape index (κ1) is 15.0. The minimum absolute atomic E-state index is 0.723. The van der Waals surface area contributed by atoms with Gasteiger partial charge in [-0.3, -0.25) is 0 Å². The highest BCUT2D eigenvalue weighted by Gasteiger charge is 2.00. The lowest BCUT2D eigenvalue weighted by atomic mass is 9.97. The third kappa shape index (κ3) is 11.9. The maximum Gasteiger partial charge on any atom is -0.0414 e. The predicted octanol–water partition coefficient (Wildman–Crippen LogP) is 5.77. The van der Waals surface area contributed by atoms with Crippen LogP contribution in [0.15, 0.2) is 0 Å². The second-order valence-electron chi connectivity index (χ2n) is 4.92. The van der Waals surface area contributed by atoms with E-state index in [1.165, 1.54) is 70.6 Å². The van der Waals surface area contributed by atoms with Gasteiger partial charge in [0.2, 0.25) is 0 Å². The molecular weight excluding hydrogens is 180 g/mol. The highest BCUT2D eigenvalue weighted by Crippen LogP contribution is 2.16. The number of unbranched alkanes of at least 4 members (excludes halogenated alkanes) is 7. The van der Waals surface area contributed by atoms with E-state index in [1.807, 2.05) is 0 Å². The molecule has 91 valence electrons. The summed E-state index contributed by atoms with van der Waals surface area (Å²) in [7, 11) is 0. The maximum atomic E-state index is 4.22. The van der Waals surface area contributed by atoms with E-state index in [0.29, 0.717) is 0 Å². The molecule has 0 aliphatic carbocycles. The molecule has 0 saturated heterocycles. The van der Waals surface area contributed by atoms with Gasteiger partial charge < -0.3 is 0 Å². The maximum absolute atomic E-state index is 4.22. The molecule has 0 N–H and O–H groups in total. The van der Waals surface area contributed by atoms with Crippen LogP contribution in [0, 0.1) is 12.8 Å². The van der Waals surface area contributed by atoms with Gasteiger partial charge >= 0.3 is 0 Å². The van der Waals surface area contributed by atoms with E-state index in [-0.39, 0.29) is 0 Å². The van der Waals surface area contributed by atoms with Crippen molar-refractivity contribution in [1.82, 2.24) is 0 Å². The van der Waals surface area contributed by atoms with Crippen LogP contribution in [0.2, 0.25) is 0 Å². The van der Waals surface area contributed by atoms with Crippen LogP contribution in [0.5, 0.6) is 0 Å². The van der Waals surface area contributed by atoms with Crippen LogP contribution >= 0.6 is 0 Å². The van der Waals surface area contributed by atoms with Crippen LogP contribution in [0.4, 0.5) is 0 Å². The molecule has 0 bridgehead atoms. The van der Waals surface area contributed by atoms with Gasteiger partial charge in [0.1, 0.15) is 0 Å². The van der Waals surface area contributed by atoms with Crippen molar-refractivity contribution in [3.05, 3.63) is 6.92 Å². The van der Waals surface area contributed by atoms with Crippen LogP contribution in [0.1, 0.15) is 84.5 Å². The fourth-order valence-electron chi connectivity index (χ4n) is 2.03. The Morgan fingerprint density at radius 2 is 1.13 bits per heavy atom. The van der Waals surface area contributed by atoms with E-state index in [1.54, 1.807) is 0 Å². The zero-order valence-corrected chi connectivity index (χ0v) is 11.1. The number of hydrogen-bond donors (Lipinski definition) is 0. The third-order valence-corrected chi connectivity index (χ3v) is 3.18. The minimum atomic E-state index is 0.723. The van der Waals surface area contributed by atoms with Crippen molar-refractivity contribution >= 4 is 0 Å². The smallest absolute Gasteiger partial charge is 0.0414 e. The standard InChI is InChI=1S/C15H31/c1-4-6-8-9-10-11-12-14-15(3)13-7-5-2/h15H,3-14H2,1-2H3. The summed E-state index contributed by atoms with van der Waals surface area (Å²) in [4.78, 5) is 0. The van der Waals surface area contributed by atoms with Crippen molar-refractivity contribution in [2.45, 2.75) is 84.5 Å². The van der Waals surface area contributed by atoms with Crippen molar-refractivity contribution in [2.75, 3.05) is 0 Å². The normalized spacial score (nSPS) is 13.0. The molecule has 0 amide bonds. The monoisotopic (exact) mass is 211 g/mol. The summed E-state index contributed by atoms with van der Waals surface area (Å²) in [6.07, 6.45) is 15.3. The van der Waals surface area contributed by atoms with Gasteiger partial charge in [-0.05, 0) is 5.92 Å². The molecule has 0 rings (SSSR count). The van der Waals surface area contributed by atoms with E-state index < -0.39 is 0 Å². The topological polar surface area (TPSA) is 0 Å². The lowest BCUT2D eigenvalue weighted by Crippen LogP contribution is -1.94. The Bertz CT molecular complexity index is 107. The highest BCUT2D eigenvalue weighted by atomic mass is 14.1. The Hall–Kier alpha value is 0. The molecule has 0 fully saturated rings. The van der Waals surface area contributed by atoms with E-state index >= 15 is 0 Å². The first-order chi connectivity index (χ1) is 7.31. The van der Waals surface area contributed by atoms with Gasteiger partial charge in [0.15, 0.2) is 0 Å². The van der Waals surface area contributed by atoms with Crippen LogP contribution in [-0.2, 0) is 0 Å². The first-order valence-corrected chi connectivity index (χ1v) is 7.14. The first-order valence-electron chi connectivity index (χ1n) is 7.14. The number of rotatable bonds is 11. The average molecular weight is 211 g/mol. The molecule has 0 spiro atoms. The third-order valence-electron chi connectivity index (χ3n) is 3.18. The Morgan fingerprint density at radius 3 is 1.73 bits per heavy atom. The zero-order chi connectivity index (χ0) is 11.4. The molecular formula is C15H31. The summed E-state index contributed by atoms with van der Waals surface area (Å²) in [5.74, 6) is 0.723. The van der Waals surface area contributed by atoms with Crippen LogP contribution < -0.4 is 0 Å². The molecule has 1 unspecified atom stereocenters. The molecule has 0 aromatic rings. The van der Waals surface area contributed by atoms with Crippen molar-refractivity contribution in [3.63, 3.8) is 0 Å². The molecule has 15 heavy (non-hydrogen) atoms. The van der Waals surface area contributed by atoms with Gasteiger partial charge in [-0.2, -0.15) is 0 Å². The lowest BCUT2D eigenvalue weighted by molar-refractivity contribution is 0.475. The van der Waals surface area contributed by atoms with Gasteiger partial charge in [0.25, 0.3) is 0 Å². The molecule has 0 aliphatic rings. The molecule has 0 saturated carbocycles. The summed E-state index contributed by atoms with van der Waals surface area (Å²) in [6.45, 7) is 8.77. The Kier molecular flexibility index (Phi) is 12.1. The van der Waals surface area contributed by atoms with E-state index in [0.717, 1.165) is 5.92 Å². The van der Waals surface area contributed by atoms with Crippen LogP contribution in [-0.4, -0.2) is 0 Å². The molecule has 0 heterocycles. The van der Waals surface area contributed by atoms with Crippen molar-refractivity contribution < 1.29 is 0 Å². The molecule has 0 aliphatic heterocycles. The predicted molar refractivity (Wildman–Crippen MR) is 71.0 cm³/mol. The van der Waals surface area contributed by atoms with Crippen LogP contribution in [0.3, 0.4) is 0 Å². The van der Waals surface area contributed by atoms with Gasteiger partial charge in [-0.1, -0.05) is 91.4 Å². The fraction of sp³-hybridized carbons (Fsp3) is 0.933. The van der Waals surface area contributed by atoms with Gasteiger partial charge in [-0.15, -0.1) is 0 Å². The van der Waals surface area contributed by atoms with Crippen molar-refractivity contribution in [3.8, 4) is 0 Å². The summed E-state index contributed by atoms with van der Waals surface area (Å²) < 4.78 is 0. The van der Waals surface area contributed by atoms with E-state index in [9.17, 15) is 0 Å². The van der Waals surface area contributed by atoms with E-state index in [4.69, 9.17) is 0 Å². The molecule has 0 aromatic carbocycles. The van der Waals surface area contributed by atoms with Gasteiger partial charge in [-0.25, -0.2) is 0 Å². The summed E-state index contributed by atoms with van der Waals surface area (Å²) in [5.41, 5.74) is 0.